The normalized spacial score (nSPS) is 11.2. The fourth-order valence-electron chi connectivity index (χ4n) is 2.97. The molecule has 7 nitrogen and oxygen atoms in total. The van der Waals surface area contributed by atoms with Gasteiger partial charge >= 0.3 is 0 Å². The molecule has 0 atom stereocenters. The first-order chi connectivity index (χ1) is 13.9. The molecule has 0 aliphatic heterocycles. The lowest BCUT2D eigenvalue weighted by Crippen LogP contribution is -2.31. The molecular formula is C21H24N4O3S. The molecule has 3 aromatic rings. The molecule has 0 radical (unpaired) electrons. The van der Waals surface area contributed by atoms with Crippen molar-refractivity contribution in [2.45, 2.75) is 25.3 Å². The van der Waals surface area contributed by atoms with Crippen molar-refractivity contribution in [3.63, 3.8) is 0 Å². The predicted molar refractivity (Wildman–Crippen MR) is 112 cm³/mol. The summed E-state index contributed by atoms with van der Waals surface area (Å²) in [5.41, 5.74) is 2.07. The van der Waals surface area contributed by atoms with Crippen LogP contribution in [-0.4, -0.2) is 37.2 Å². The number of hydrogen-bond acceptors (Lipinski definition) is 4. The van der Waals surface area contributed by atoms with Crippen molar-refractivity contribution in [1.29, 1.82) is 0 Å². The summed E-state index contributed by atoms with van der Waals surface area (Å²) < 4.78 is 29.1. The fourth-order valence-corrected chi connectivity index (χ4v) is 4.44. The first-order valence-corrected chi connectivity index (χ1v) is 10.8. The Morgan fingerprint density at radius 3 is 2.38 bits per heavy atom. The molecule has 1 heterocycles. The lowest BCUT2D eigenvalue weighted by atomic mass is 10.2. The number of aryl methyl sites for hydroxylation is 1. The molecule has 8 heteroatoms. The number of anilines is 1. The summed E-state index contributed by atoms with van der Waals surface area (Å²) >= 11 is 0. The Morgan fingerprint density at radius 2 is 1.79 bits per heavy atom. The molecule has 1 N–H and O–H groups in total. The summed E-state index contributed by atoms with van der Waals surface area (Å²) in [7, 11) is -3.71. The first kappa shape index (κ1) is 20.6. The Labute approximate surface area is 171 Å². The van der Waals surface area contributed by atoms with Gasteiger partial charge in [-0.05, 0) is 55.8 Å². The Morgan fingerprint density at radius 1 is 1.10 bits per heavy atom. The highest BCUT2D eigenvalue weighted by Crippen LogP contribution is 2.23. The zero-order valence-corrected chi connectivity index (χ0v) is 17.3. The molecule has 0 fully saturated rings. The average Bonchev–Trinajstić information content (AvgIpc) is 3.14. The van der Waals surface area contributed by atoms with E-state index < -0.39 is 10.0 Å². The lowest BCUT2D eigenvalue weighted by Gasteiger charge is -2.23. The minimum atomic E-state index is -3.71. The minimum absolute atomic E-state index is 0.145. The molecule has 0 spiro atoms. The van der Waals surface area contributed by atoms with Gasteiger partial charge in [-0.15, -0.1) is 0 Å². The van der Waals surface area contributed by atoms with Crippen LogP contribution >= 0.6 is 0 Å². The molecule has 29 heavy (non-hydrogen) atoms. The molecule has 0 saturated carbocycles. The predicted octanol–water partition coefficient (Wildman–Crippen LogP) is 2.84. The molecule has 0 unspecified atom stereocenters. The molecule has 0 aliphatic carbocycles. The Kier molecular flexibility index (Phi) is 6.33. The summed E-state index contributed by atoms with van der Waals surface area (Å²) in [5.74, 6) is -0.256. The van der Waals surface area contributed by atoms with Crippen LogP contribution in [0.4, 0.5) is 5.69 Å². The zero-order valence-electron chi connectivity index (χ0n) is 16.4. The van der Waals surface area contributed by atoms with Crippen molar-refractivity contribution in [1.82, 2.24) is 15.1 Å². The summed E-state index contributed by atoms with van der Waals surface area (Å²) in [6, 6.07) is 14.9. The second kappa shape index (κ2) is 8.91. The third kappa shape index (κ3) is 4.83. The van der Waals surface area contributed by atoms with Crippen LogP contribution in [0.15, 0.2) is 71.9 Å². The van der Waals surface area contributed by atoms with E-state index in [1.807, 2.05) is 19.2 Å². The van der Waals surface area contributed by atoms with Crippen molar-refractivity contribution in [2.75, 3.05) is 17.4 Å². The van der Waals surface area contributed by atoms with Gasteiger partial charge in [-0.1, -0.05) is 18.2 Å². The van der Waals surface area contributed by atoms with E-state index in [0.29, 0.717) is 30.9 Å². The van der Waals surface area contributed by atoms with E-state index in [1.54, 1.807) is 42.1 Å². The number of nitrogens with one attached hydrogen (secondary N) is 1. The van der Waals surface area contributed by atoms with Crippen molar-refractivity contribution >= 4 is 21.6 Å². The number of para-hydroxylation sites is 1. The highest BCUT2D eigenvalue weighted by Gasteiger charge is 2.23. The molecule has 3 rings (SSSR count). The van der Waals surface area contributed by atoms with Crippen LogP contribution in [0.3, 0.4) is 0 Å². The van der Waals surface area contributed by atoms with Crippen LogP contribution < -0.4 is 9.62 Å². The number of rotatable bonds is 8. The van der Waals surface area contributed by atoms with Crippen molar-refractivity contribution in [2.24, 2.45) is 0 Å². The molecule has 0 bridgehead atoms. The molecular weight excluding hydrogens is 388 g/mol. The summed E-state index contributed by atoms with van der Waals surface area (Å²) in [6.45, 7) is 5.04. The van der Waals surface area contributed by atoms with E-state index in [2.05, 4.69) is 10.4 Å². The SMILES string of the molecule is CCN(c1ccccc1)S(=O)(=O)c1ccc(C(=O)NCCn2cc(C)cn2)cc1. The maximum atomic E-state index is 13.0. The Balaban J connectivity index is 1.67. The van der Waals surface area contributed by atoms with Crippen LogP contribution in [0.5, 0.6) is 0 Å². The summed E-state index contributed by atoms with van der Waals surface area (Å²) in [4.78, 5) is 12.5. The van der Waals surface area contributed by atoms with Crippen LogP contribution in [0.2, 0.25) is 0 Å². The number of amides is 1. The molecule has 0 aliphatic rings. The van der Waals surface area contributed by atoms with Crippen molar-refractivity contribution in [3.05, 3.63) is 78.1 Å². The van der Waals surface area contributed by atoms with E-state index in [4.69, 9.17) is 0 Å². The highest BCUT2D eigenvalue weighted by molar-refractivity contribution is 7.92. The maximum absolute atomic E-state index is 13.0. The van der Waals surface area contributed by atoms with Crippen molar-refractivity contribution in [3.8, 4) is 0 Å². The number of sulfonamides is 1. The average molecular weight is 413 g/mol. The third-order valence-corrected chi connectivity index (χ3v) is 6.34. The van der Waals surface area contributed by atoms with Gasteiger partial charge in [-0.25, -0.2) is 8.42 Å². The lowest BCUT2D eigenvalue weighted by molar-refractivity contribution is 0.0952. The molecule has 152 valence electrons. The number of carbonyl (C=O) groups excluding carboxylic acids is 1. The van der Waals surface area contributed by atoms with Crippen LogP contribution in [-0.2, 0) is 16.6 Å². The Bertz CT molecular complexity index is 1060. The van der Waals surface area contributed by atoms with Crippen molar-refractivity contribution < 1.29 is 13.2 Å². The Hall–Kier alpha value is -3.13. The van der Waals surface area contributed by atoms with Gasteiger partial charge in [0.1, 0.15) is 0 Å². The van der Waals surface area contributed by atoms with Gasteiger partial charge in [0.15, 0.2) is 0 Å². The number of aromatic nitrogens is 2. The molecule has 1 aromatic heterocycles. The van der Waals surface area contributed by atoms with E-state index in [-0.39, 0.29) is 10.8 Å². The zero-order chi connectivity index (χ0) is 20.9. The van der Waals surface area contributed by atoms with Gasteiger partial charge in [0.05, 0.1) is 23.3 Å². The third-order valence-electron chi connectivity index (χ3n) is 4.42. The number of nitrogens with zero attached hydrogens (tertiary/aromatic N) is 3. The largest absolute Gasteiger partial charge is 0.350 e. The van der Waals surface area contributed by atoms with E-state index in [1.165, 1.54) is 28.6 Å². The van der Waals surface area contributed by atoms with Gasteiger partial charge in [0.25, 0.3) is 15.9 Å². The highest BCUT2D eigenvalue weighted by atomic mass is 32.2. The van der Waals surface area contributed by atoms with E-state index in [0.717, 1.165) is 5.56 Å². The van der Waals surface area contributed by atoms with Crippen LogP contribution in [0, 0.1) is 6.92 Å². The number of benzene rings is 2. The van der Waals surface area contributed by atoms with Gasteiger partial charge < -0.3 is 5.32 Å². The fraction of sp³-hybridized carbons (Fsp3) is 0.238. The molecule has 0 saturated heterocycles. The monoisotopic (exact) mass is 412 g/mol. The van der Waals surface area contributed by atoms with Gasteiger partial charge in [0, 0.05) is 24.8 Å². The molecule has 1 amide bonds. The second-order valence-corrected chi connectivity index (χ2v) is 8.43. The quantitative estimate of drug-likeness (QED) is 0.617. The minimum Gasteiger partial charge on any atom is -0.350 e. The number of carbonyl (C=O) groups is 1. The number of hydrogen-bond donors (Lipinski definition) is 1. The van der Waals surface area contributed by atoms with E-state index in [9.17, 15) is 13.2 Å². The summed E-state index contributed by atoms with van der Waals surface area (Å²) in [6.07, 6.45) is 3.66. The van der Waals surface area contributed by atoms with E-state index >= 15 is 0 Å². The van der Waals surface area contributed by atoms with Gasteiger partial charge in [-0.3, -0.25) is 13.8 Å². The van der Waals surface area contributed by atoms with Crippen LogP contribution in [0.1, 0.15) is 22.8 Å². The maximum Gasteiger partial charge on any atom is 0.264 e. The summed E-state index contributed by atoms with van der Waals surface area (Å²) in [5, 5.41) is 6.98. The molecule has 2 aromatic carbocycles. The van der Waals surface area contributed by atoms with Crippen LogP contribution in [0.25, 0.3) is 0 Å². The smallest absolute Gasteiger partial charge is 0.264 e. The first-order valence-electron chi connectivity index (χ1n) is 9.37. The second-order valence-electron chi connectivity index (χ2n) is 6.57. The van der Waals surface area contributed by atoms with Gasteiger partial charge in [-0.2, -0.15) is 5.10 Å². The topological polar surface area (TPSA) is 84.3 Å². The standard InChI is InChI=1S/C21H24N4O3S/c1-3-25(19-7-5-4-6-8-19)29(27,28)20-11-9-18(10-12-20)21(26)22-13-14-24-16-17(2)15-23-24/h4-12,15-16H,3,13-14H2,1-2H3,(H,22,26). The van der Waals surface area contributed by atoms with Gasteiger partial charge in [0.2, 0.25) is 0 Å².